The van der Waals surface area contributed by atoms with Crippen LogP contribution in [0.1, 0.15) is 15.9 Å². The van der Waals surface area contributed by atoms with E-state index in [1.165, 1.54) is 24.3 Å². The molecule has 0 saturated heterocycles. The fourth-order valence-electron chi connectivity index (χ4n) is 1.58. The van der Waals surface area contributed by atoms with Crippen LogP contribution in [0.5, 0.6) is 5.75 Å². The number of rotatable bonds is 3. The SMILES string of the molecule is O=C(NCc1ccc(F)cc1)c1cccc(Cl)c1O. The highest BCUT2D eigenvalue weighted by Crippen LogP contribution is 2.26. The second kappa shape index (κ2) is 5.71. The Balaban J connectivity index is 2.05. The summed E-state index contributed by atoms with van der Waals surface area (Å²) in [6.07, 6.45) is 0. The molecule has 19 heavy (non-hydrogen) atoms. The molecule has 0 aliphatic heterocycles. The summed E-state index contributed by atoms with van der Waals surface area (Å²) in [5, 5.41) is 12.4. The lowest BCUT2D eigenvalue weighted by molar-refractivity contribution is 0.0948. The van der Waals surface area contributed by atoms with Crippen LogP contribution in [0.4, 0.5) is 4.39 Å². The zero-order valence-electron chi connectivity index (χ0n) is 9.86. The van der Waals surface area contributed by atoms with Crippen molar-refractivity contribution in [3.63, 3.8) is 0 Å². The third kappa shape index (κ3) is 3.23. The Morgan fingerprint density at radius 1 is 1.21 bits per heavy atom. The molecule has 0 bridgehead atoms. The second-order valence-corrected chi connectivity index (χ2v) is 4.35. The van der Waals surface area contributed by atoms with Crippen molar-refractivity contribution in [1.82, 2.24) is 5.32 Å². The molecule has 0 fully saturated rings. The van der Waals surface area contributed by atoms with E-state index in [1.54, 1.807) is 18.2 Å². The summed E-state index contributed by atoms with van der Waals surface area (Å²) >= 11 is 5.72. The summed E-state index contributed by atoms with van der Waals surface area (Å²) in [5.41, 5.74) is 0.867. The molecule has 0 aromatic heterocycles. The summed E-state index contributed by atoms with van der Waals surface area (Å²) in [7, 11) is 0. The zero-order valence-corrected chi connectivity index (χ0v) is 10.6. The van der Waals surface area contributed by atoms with Crippen molar-refractivity contribution >= 4 is 17.5 Å². The number of hydrogen-bond donors (Lipinski definition) is 2. The van der Waals surface area contributed by atoms with Gasteiger partial charge in [0.15, 0.2) is 0 Å². The van der Waals surface area contributed by atoms with Gasteiger partial charge in [0.25, 0.3) is 5.91 Å². The van der Waals surface area contributed by atoms with Crippen molar-refractivity contribution < 1.29 is 14.3 Å². The molecule has 5 heteroatoms. The van der Waals surface area contributed by atoms with Crippen LogP contribution in [0.15, 0.2) is 42.5 Å². The van der Waals surface area contributed by atoms with Gasteiger partial charge in [0.05, 0.1) is 10.6 Å². The molecule has 0 aliphatic rings. The first kappa shape index (κ1) is 13.4. The number of halogens is 2. The number of para-hydroxylation sites is 1. The number of benzene rings is 2. The lowest BCUT2D eigenvalue weighted by Crippen LogP contribution is -2.22. The minimum atomic E-state index is -0.440. The minimum absolute atomic E-state index is 0.106. The number of amides is 1. The van der Waals surface area contributed by atoms with E-state index in [0.717, 1.165) is 5.56 Å². The van der Waals surface area contributed by atoms with Gasteiger partial charge in [-0.25, -0.2) is 4.39 Å². The third-order valence-electron chi connectivity index (χ3n) is 2.60. The van der Waals surface area contributed by atoms with Crippen LogP contribution in [0, 0.1) is 5.82 Å². The normalized spacial score (nSPS) is 10.2. The summed E-state index contributed by atoms with van der Waals surface area (Å²) < 4.78 is 12.7. The molecule has 98 valence electrons. The van der Waals surface area contributed by atoms with Crippen LogP contribution >= 0.6 is 11.6 Å². The third-order valence-corrected chi connectivity index (χ3v) is 2.90. The number of phenolic OH excluding ortho intramolecular Hbond substituents is 1. The van der Waals surface area contributed by atoms with E-state index in [1.807, 2.05) is 0 Å². The number of carbonyl (C=O) groups excluding carboxylic acids is 1. The number of carbonyl (C=O) groups is 1. The number of phenols is 1. The van der Waals surface area contributed by atoms with E-state index < -0.39 is 5.91 Å². The lowest BCUT2D eigenvalue weighted by Gasteiger charge is -2.07. The maximum Gasteiger partial charge on any atom is 0.255 e. The summed E-state index contributed by atoms with van der Waals surface area (Å²) in [5.74, 6) is -1.02. The first-order valence-electron chi connectivity index (χ1n) is 5.58. The molecule has 3 nitrogen and oxygen atoms in total. The molecule has 0 unspecified atom stereocenters. The highest BCUT2D eigenvalue weighted by Gasteiger charge is 2.12. The van der Waals surface area contributed by atoms with Crippen LogP contribution in [0.3, 0.4) is 0 Å². The fraction of sp³-hybridized carbons (Fsp3) is 0.0714. The van der Waals surface area contributed by atoms with Gasteiger partial charge in [0, 0.05) is 6.54 Å². The van der Waals surface area contributed by atoms with E-state index in [4.69, 9.17) is 11.6 Å². The molecule has 0 radical (unpaired) electrons. The van der Waals surface area contributed by atoms with E-state index in [2.05, 4.69) is 5.32 Å². The maximum absolute atomic E-state index is 12.7. The average Bonchev–Trinajstić information content (AvgIpc) is 2.41. The molecule has 0 spiro atoms. The molecular formula is C14H11ClFNO2. The Kier molecular flexibility index (Phi) is 4.02. The topological polar surface area (TPSA) is 49.3 Å². The molecule has 1 amide bonds. The van der Waals surface area contributed by atoms with Crippen molar-refractivity contribution in [3.8, 4) is 5.75 Å². The summed E-state index contributed by atoms with van der Waals surface area (Å²) in [6, 6.07) is 10.3. The Morgan fingerprint density at radius 2 is 1.89 bits per heavy atom. The first-order valence-corrected chi connectivity index (χ1v) is 5.96. The van der Waals surface area contributed by atoms with Crippen molar-refractivity contribution in [1.29, 1.82) is 0 Å². The number of aromatic hydroxyl groups is 1. The van der Waals surface area contributed by atoms with Gasteiger partial charge in [-0.1, -0.05) is 29.8 Å². The van der Waals surface area contributed by atoms with Gasteiger partial charge in [-0.3, -0.25) is 4.79 Å². The average molecular weight is 280 g/mol. The standard InChI is InChI=1S/C14H11ClFNO2/c15-12-3-1-2-11(13(12)18)14(19)17-8-9-4-6-10(16)7-5-9/h1-7,18H,8H2,(H,17,19). The molecule has 0 atom stereocenters. The molecule has 2 rings (SSSR count). The molecule has 2 aromatic rings. The highest BCUT2D eigenvalue weighted by atomic mass is 35.5. The Bertz CT molecular complexity index is 599. The molecule has 0 heterocycles. The van der Waals surface area contributed by atoms with Gasteiger partial charge < -0.3 is 10.4 Å². The summed E-state index contributed by atoms with van der Waals surface area (Å²) in [4.78, 5) is 11.9. The van der Waals surface area contributed by atoms with Gasteiger partial charge >= 0.3 is 0 Å². The second-order valence-electron chi connectivity index (χ2n) is 3.95. The van der Waals surface area contributed by atoms with Gasteiger partial charge in [0.1, 0.15) is 11.6 Å². The zero-order chi connectivity index (χ0) is 13.8. The molecular weight excluding hydrogens is 269 g/mol. The minimum Gasteiger partial charge on any atom is -0.506 e. The lowest BCUT2D eigenvalue weighted by atomic mass is 10.1. The van der Waals surface area contributed by atoms with Crippen molar-refractivity contribution in [2.75, 3.05) is 0 Å². The van der Waals surface area contributed by atoms with Crippen LogP contribution in [0.2, 0.25) is 5.02 Å². The molecule has 0 aliphatic carbocycles. The van der Waals surface area contributed by atoms with E-state index in [9.17, 15) is 14.3 Å². The van der Waals surface area contributed by atoms with Crippen LogP contribution in [-0.2, 0) is 6.54 Å². The fourth-order valence-corrected chi connectivity index (χ4v) is 1.75. The van der Waals surface area contributed by atoms with Crippen molar-refractivity contribution in [2.45, 2.75) is 6.54 Å². The van der Waals surface area contributed by atoms with E-state index in [0.29, 0.717) is 0 Å². The molecule has 2 N–H and O–H groups in total. The number of hydrogen-bond acceptors (Lipinski definition) is 2. The van der Waals surface area contributed by atoms with Crippen LogP contribution < -0.4 is 5.32 Å². The molecule has 2 aromatic carbocycles. The van der Waals surface area contributed by atoms with Gasteiger partial charge in [0.2, 0.25) is 0 Å². The first-order chi connectivity index (χ1) is 9.08. The maximum atomic E-state index is 12.7. The highest BCUT2D eigenvalue weighted by molar-refractivity contribution is 6.32. The van der Waals surface area contributed by atoms with Gasteiger partial charge in [-0.2, -0.15) is 0 Å². The predicted octanol–water partition coefficient (Wildman–Crippen LogP) is 3.11. The van der Waals surface area contributed by atoms with E-state index >= 15 is 0 Å². The Labute approximate surface area is 114 Å². The van der Waals surface area contributed by atoms with Crippen LogP contribution in [0.25, 0.3) is 0 Å². The number of nitrogens with one attached hydrogen (secondary N) is 1. The van der Waals surface area contributed by atoms with E-state index in [-0.39, 0.29) is 28.7 Å². The van der Waals surface area contributed by atoms with Crippen LogP contribution in [-0.4, -0.2) is 11.0 Å². The van der Waals surface area contributed by atoms with Crippen molar-refractivity contribution in [3.05, 3.63) is 64.4 Å². The predicted molar refractivity (Wildman–Crippen MR) is 70.7 cm³/mol. The largest absolute Gasteiger partial charge is 0.506 e. The quantitative estimate of drug-likeness (QED) is 0.907. The smallest absolute Gasteiger partial charge is 0.255 e. The van der Waals surface area contributed by atoms with Crippen molar-refractivity contribution in [2.24, 2.45) is 0 Å². The Hall–Kier alpha value is -2.07. The Morgan fingerprint density at radius 3 is 2.58 bits per heavy atom. The van der Waals surface area contributed by atoms with Gasteiger partial charge in [-0.15, -0.1) is 0 Å². The molecule has 0 saturated carbocycles. The monoisotopic (exact) mass is 279 g/mol. The van der Waals surface area contributed by atoms with Gasteiger partial charge in [-0.05, 0) is 29.8 Å². The summed E-state index contributed by atoms with van der Waals surface area (Å²) in [6.45, 7) is 0.241.